The zero-order valence-corrected chi connectivity index (χ0v) is 44.9. The van der Waals surface area contributed by atoms with E-state index >= 15 is 0 Å². The average molecular weight is 1040 g/mol. The highest BCUT2D eigenvalue weighted by Gasteiger charge is 2.52. The Morgan fingerprint density at radius 2 is 0.610 bits per heavy atom. The lowest BCUT2D eigenvalue weighted by atomic mass is 9.67. The third kappa shape index (κ3) is 6.52. The van der Waals surface area contributed by atoms with E-state index in [-0.39, 0.29) is 0 Å². The van der Waals surface area contributed by atoms with Crippen molar-refractivity contribution in [2.24, 2.45) is 0 Å². The molecule has 0 amide bonds. The largest absolute Gasteiger partial charge is 0.310 e. The summed E-state index contributed by atoms with van der Waals surface area (Å²) in [6.07, 6.45) is 0. The summed E-state index contributed by atoms with van der Waals surface area (Å²) >= 11 is 0. The maximum atomic E-state index is 2.50. The Balaban J connectivity index is 0.831. The van der Waals surface area contributed by atoms with Crippen molar-refractivity contribution in [3.8, 4) is 61.3 Å². The van der Waals surface area contributed by atoms with Crippen LogP contribution in [0.3, 0.4) is 0 Å². The summed E-state index contributed by atoms with van der Waals surface area (Å²) in [5.41, 5.74) is 28.8. The Hall–Kier alpha value is -10.5. The molecule has 0 unspecified atom stereocenters. The number of nitrogens with zero attached hydrogens (tertiary/aromatic N) is 2. The monoisotopic (exact) mass is 1040 g/mol. The number of anilines is 3. The van der Waals surface area contributed by atoms with E-state index in [4.69, 9.17) is 0 Å². The summed E-state index contributed by atoms with van der Waals surface area (Å²) in [7, 11) is 0. The average Bonchev–Trinajstić information content (AvgIpc) is 2.05. The molecular formula is C80H52N2. The van der Waals surface area contributed by atoms with Gasteiger partial charge < -0.3 is 9.47 Å². The Morgan fingerprint density at radius 3 is 1.13 bits per heavy atom. The van der Waals surface area contributed by atoms with Crippen molar-refractivity contribution >= 4 is 38.9 Å². The van der Waals surface area contributed by atoms with Gasteiger partial charge in [0.2, 0.25) is 0 Å². The Kier molecular flexibility index (Phi) is 10.2. The maximum Gasteiger partial charge on any atom is 0.0726 e. The first kappa shape index (κ1) is 46.4. The second kappa shape index (κ2) is 18.0. The highest BCUT2D eigenvalue weighted by atomic mass is 15.1. The standard InChI is InChI=1S/C80H52N2/c1-4-20-53(21-5-1)54-36-42-60(43-37-54)81(62-46-47-68-67-30-14-19-35-75(67)80(76(68)52-62)73-33-17-12-28-65(73)66-29-13-18-34-74(66)80)61-44-38-55(39-45-61)56-40-48-77-69(50-56)70-51-58(41-49-78(70)82(77)59-24-8-3-9-25-59)79(57-22-6-2-7-23-57)71-31-15-10-26-63(71)64-27-11-16-32-72(64)79/h1-52H. The minimum atomic E-state index is -0.513. The lowest BCUT2D eigenvalue weighted by Crippen LogP contribution is -2.28. The number of fused-ring (bicyclic) bond motifs is 16. The third-order valence-electron chi connectivity index (χ3n) is 18.3. The van der Waals surface area contributed by atoms with Crippen molar-refractivity contribution < 1.29 is 0 Å². The molecule has 0 aliphatic heterocycles. The van der Waals surface area contributed by atoms with E-state index in [0.717, 1.165) is 28.3 Å². The van der Waals surface area contributed by atoms with Crippen LogP contribution in [0.2, 0.25) is 0 Å². The van der Waals surface area contributed by atoms with Gasteiger partial charge in [-0.2, -0.15) is 0 Å². The van der Waals surface area contributed by atoms with Gasteiger partial charge in [0.15, 0.2) is 0 Å². The van der Waals surface area contributed by atoms with E-state index in [1.54, 1.807) is 0 Å². The van der Waals surface area contributed by atoms with Gasteiger partial charge >= 0.3 is 0 Å². The predicted octanol–water partition coefficient (Wildman–Crippen LogP) is 20.3. The van der Waals surface area contributed by atoms with E-state index in [2.05, 4.69) is 325 Å². The SMILES string of the molecule is c1ccc(-c2ccc(N(c3ccc(-c4ccc5c(c4)c4cc(C6(c7ccccc7)c7ccccc7-c7ccccc76)ccc4n5-c4ccccc4)cc3)c3ccc4c(c3)C3(c5ccccc5-c5ccccc53)c3ccccc3-4)cc2)cc1. The summed E-state index contributed by atoms with van der Waals surface area (Å²) in [6.45, 7) is 0. The van der Waals surface area contributed by atoms with E-state index < -0.39 is 10.8 Å². The van der Waals surface area contributed by atoms with Crippen molar-refractivity contribution in [1.29, 1.82) is 0 Å². The van der Waals surface area contributed by atoms with Crippen LogP contribution in [0, 0.1) is 0 Å². The molecule has 1 spiro atoms. The van der Waals surface area contributed by atoms with Crippen LogP contribution in [0.1, 0.15) is 44.5 Å². The van der Waals surface area contributed by atoms with Gasteiger partial charge in [0.25, 0.3) is 0 Å². The molecule has 0 bridgehead atoms. The van der Waals surface area contributed by atoms with Crippen LogP contribution in [-0.2, 0) is 10.8 Å². The summed E-state index contributed by atoms with van der Waals surface area (Å²) in [4.78, 5) is 2.45. The molecule has 382 valence electrons. The molecule has 0 atom stereocenters. The lowest BCUT2D eigenvalue weighted by molar-refractivity contribution is 0.770. The number of rotatable bonds is 8. The van der Waals surface area contributed by atoms with E-state index in [1.807, 2.05) is 0 Å². The number of hydrogen-bond donors (Lipinski definition) is 0. The first-order valence-corrected chi connectivity index (χ1v) is 28.6. The molecule has 13 aromatic carbocycles. The lowest BCUT2D eigenvalue weighted by Gasteiger charge is -2.34. The normalized spacial score (nSPS) is 13.6. The summed E-state index contributed by atoms with van der Waals surface area (Å²) in [5.74, 6) is 0. The van der Waals surface area contributed by atoms with Gasteiger partial charge in [-0.15, -0.1) is 0 Å². The first-order chi connectivity index (χ1) is 40.7. The van der Waals surface area contributed by atoms with Gasteiger partial charge in [0, 0.05) is 33.5 Å². The molecule has 0 radical (unpaired) electrons. The van der Waals surface area contributed by atoms with Crippen LogP contribution in [0.15, 0.2) is 315 Å². The third-order valence-corrected chi connectivity index (χ3v) is 18.3. The fourth-order valence-electron chi connectivity index (χ4n) is 14.9. The quantitative estimate of drug-likeness (QED) is 0.147. The number of aromatic nitrogens is 1. The topological polar surface area (TPSA) is 8.17 Å². The minimum absolute atomic E-state index is 0.459. The van der Waals surface area contributed by atoms with Gasteiger partial charge in [-0.3, -0.25) is 0 Å². The van der Waals surface area contributed by atoms with Gasteiger partial charge in [-0.1, -0.05) is 243 Å². The van der Waals surface area contributed by atoms with Crippen molar-refractivity contribution in [2.75, 3.05) is 4.90 Å². The first-order valence-electron chi connectivity index (χ1n) is 28.6. The molecule has 17 rings (SSSR count). The van der Waals surface area contributed by atoms with Crippen molar-refractivity contribution in [1.82, 2.24) is 4.57 Å². The highest BCUT2D eigenvalue weighted by Crippen LogP contribution is 2.64. The van der Waals surface area contributed by atoms with Gasteiger partial charge in [0.1, 0.15) is 0 Å². The highest BCUT2D eigenvalue weighted by molar-refractivity contribution is 6.11. The van der Waals surface area contributed by atoms with Crippen LogP contribution in [-0.4, -0.2) is 4.57 Å². The molecule has 0 saturated carbocycles. The van der Waals surface area contributed by atoms with Crippen molar-refractivity contribution in [3.63, 3.8) is 0 Å². The minimum Gasteiger partial charge on any atom is -0.310 e. The van der Waals surface area contributed by atoms with E-state index in [1.165, 1.54) is 116 Å². The summed E-state index contributed by atoms with van der Waals surface area (Å²) in [6, 6.07) is 118. The van der Waals surface area contributed by atoms with Crippen molar-refractivity contribution in [3.05, 3.63) is 360 Å². The van der Waals surface area contributed by atoms with Crippen LogP contribution >= 0.6 is 0 Å². The number of hydrogen-bond acceptors (Lipinski definition) is 1. The van der Waals surface area contributed by atoms with Gasteiger partial charge in [0.05, 0.1) is 21.9 Å². The Labute approximate surface area is 477 Å². The zero-order chi connectivity index (χ0) is 53.9. The van der Waals surface area contributed by atoms with Gasteiger partial charge in [-0.25, -0.2) is 0 Å². The summed E-state index contributed by atoms with van der Waals surface area (Å²) < 4.78 is 2.44. The predicted molar refractivity (Wildman–Crippen MR) is 340 cm³/mol. The van der Waals surface area contributed by atoms with Crippen LogP contribution in [0.5, 0.6) is 0 Å². The molecule has 0 saturated heterocycles. The second-order valence-corrected chi connectivity index (χ2v) is 22.3. The number of benzene rings is 13. The molecule has 2 heteroatoms. The smallest absolute Gasteiger partial charge is 0.0726 e. The zero-order valence-electron chi connectivity index (χ0n) is 44.9. The van der Waals surface area contributed by atoms with Crippen LogP contribution in [0.25, 0.3) is 83.1 Å². The molecule has 0 fully saturated rings. The molecule has 3 aliphatic carbocycles. The molecule has 3 aliphatic rings. The molecular weight excluding hydrogens is 989 g/mol. The van der Waals surface area contributed by atoms with Crippen LogP contribution in [0.4, 0.5) is 17.1 Å². The maximum absolute atomic E-state index is 2.50. The molecule has 82 heavy (non-hydrogen) atoms. The molecule has 0 N–H and O–H groups in total. The molecule has 1 heterocycles. The summed E-state index contributed by atoms with van der Waals surface area (Å²) in [5, 5.41) is 2.44. The van der Waals surface area contributed by atoms with E-state index in [0.29, 0.717) is 0 Å². The Morgan fingerprint density at radius 1 is 0.232 bits per heavy atom. The van der Waals surface area contributed by atoms with E-state index in [9.17, 15) is 0 Å². The van der Waals surface area contributed by atoms with Crippen LogP contribution < -0.4 is 4.90 Å². The fourth-order valence-corrected chi connectivity index (χ4v) is 14.9. The second-order valence-electron chi connectivity index (χ2n) is 22.3. The Bertz CT molecular complexity index is 4730. The molecule has 14 aromatic rings. The molecule has 2 nitrogen and oxygen atoms in total. The van der Waals surface area contributed by atoms with Gasteiger partial charge in [-0.05, 0) is 173 Å². The molecule has 1 aromatic heterocycles. The fraction of sp³-hybridized carbons (Fsp3) is 0.0250. The van der Waals surface area contributed by atoms with Crippen molar-refractivity contribution in [2.45, 2.75) is 10.8 Å². The number of para-hydroxylation sites is 1.